The molecule has 0 aliphatic heterocycles. The van der Waals surface area contributed by atoms with Gasteiger partial charge in [0.05, 0.1) is 0 Å². The maximum Gasteiger partial charge on any atom is 0.406 e. The van der Waals surface area contributed by atoms with Crippen LogP contribution in [0.15, 0.2) is 170 Å². The van der Waals surface area contributed by atoms with Gasteiger partial charge >= 0.3 is 17.1 Å². The fourth-order valence-electron chi connectivity index (χ4n) is 5.49. The van der Waals surface area contributed by atoms with Gasteiger partial charge in [-0.2, -0.15) is 0 Å². The molecular weight excluding hydrogens is 633 g/mol. The van der Waals surface area contributed by atoms with Gasteiger partial charge in [0.1, 0.15) is 23.0 Å². The van der Waals surface area contributed by atoms with Crippen LogP contribution in [0, 0.1) is 0 Å². The third-order valence-corrected chi connectivity index (χ3v) is 14.6. The van der Waals surface area contributed by atoms with Crippen LogP contribution in [-0.2, 0) is 17.7 Å². The molecule has 6 aromatic rings. The molecule has 48 heavy (non-hydrogen) atoms. The molecule has 8 heteroatoms. The summed E-state index contributed by atoms with van der Waals surface area (Å²) in [5.74, 6) is 3.20. The van der Waals surface area contributed by atoms with Crippen LogP contribution in [0.2, 0.25) is 0 Å². The van der Waals surface area contributed by atoms with E-state index in [4.69, 9.17) is 27.2 Å². The van der Waals surface area contributed by atoms with Gasteiger partial charge < -0.3 is 27.2 Å². The average Bonchev–Trinajstić information content (AvgIpc) is 3.16. The minimum Gasteiger partial charge on any atom is -0.457 e. The summed E-state index contributed by atoms with van der Waals surface area (Å²) in [5.41, 5.74) is 0. The topological polar surface area (TPSA) is 55.4 Å². The van der Waals surface area contributed by atoms with Crippen LogP contribution in [-0.4, -0.2) is 45.6 Å². The zero-order valence-corrected chi connectivity index (χ0v) is 29.6. The molecule has 0 bridgehead atoms. The summed E-state index contributed by atoms with van der Waals surface area (Å²) in [6, 6.07) is 55.5. The third-order valence-electron chi connectivity index (χ3n) is 7.88. The molecule has 0 saturated carbocycles. The minimum absolute atomic E-state index is 0.785. The summed E-state index contributed by atoms with van der Waals surface area (Å²) in [4.78, 5) is 0. The zero-order valence-electron chi connectivity index (χ0n) is 27.6. The van der Waals surface area contributed by atoms with E-state index in [1.54, 1.807) is 28.4 Å². The first kappa shape index (κ1) is 34.5. The average molecular weight is 673 g/mol. The van der Waals surface area contributed by atoms with Gasteiger partial charge in [0, 0.05) is 28.4 Å². The van der Waals surface area contributed by atoms with Crippen molar-refractivity contribution in [1.82, 2.24) is 0 Å². The molecule has 6 rings (SSSR count). The van der Waals surface area contributed by atoms with Crippen molar-refractivity contribution in [3.05, 3.63) is 170 Å². The van der Waals surface area contributed by atoms with Gasteiger partial charge in [0.25, 0.3) is 0 Å². The summed E-state index contributed by atoms with van der Waals surface area (Å²) < 4.78 is 35.3. The number of para-hydroxylation sites is 2. The minimum atomic E-state index is -2.67. The molecule has 0 aromatic heterocycles. The molecule has 0 saturated heterocycles. The van der Waals surface area contributed by atoms with Gasteiger partial charge in [-0.25, -0.2) is 0 Å². The molecule has 6 nitrogen and oxygen atoms in total. The zero-order chi connectivity index (χ0) is 33.7. The molecule has 0 heterocycles. The van der Waals surface area contributed by atoms with Crippen molar-refractivity contribution in [2.75, 3.05) is 28.4 Å². The molecule has 0 fully saturated rings. The number of hydrogen-bond acceptors (Lipinski definition) is 6. The molecular formula is C40H40O6Si2. The number of benzene rings is 6. The fourth-order valence-corrected chi connectivity index (χ4v) is 10.9. The predicted molar refractivity (Wildman–Crippen MR) is 197 cm³/mol. The predicted octanol–water partition coefficient (Wildman–Crippen LogP) is 6.66. The monoisotopic (exact) mass is 672 g/mol. The lowest BCUT2D eigenvalue weighted by Crippen LogP contribution is -2.62. The lowest BCUT2D eigenvalue weighted by Gasteiger charge is -2.28. The van der Waals surface area contributed by atoms with Gasteiger partial charge in [-0.1, -0.05) is 121 Å². The highest BCUT2D eigenvalue weighted by molar-refractivity contribution is 6.93. The molecule has 244 valence electrons. The molecule has 0 aliphatic rings. The summed E-state index contributed by atoms with van der Waals surface area (Å²) in [6.45, 7) is 0. The Morgan fingerprint density at radius 2 is 0.500 bits per heavy atom. The van der Waals surface area contributed by atoms with Crippen LogP contribution in [0.4, 0.5) is 0 Å². The van der Waals surface area contributed by atoms with E-state index in [9.17, 15) is 0 Å². The van der Waals surface area contributed by atoms with Crippen LogP contribution in [0.1, 0.15) is 0 Å². The van der Waals surface area contributed by atoms with Crippen molar-refractivity contribution >= 4 is 37.9 Å². The number of hydrogen-bond donors (Lipinski definition) is 0. The normalized spacial score (nSPS) is 11.2. The molecule has 0 N–H and O–H groups in total. The van der Waals surface area contributed by atoms with Crippen LogP contribution >= 0.6 is 0 Å². The third kappa shape index (κ3) is 8.00. The van der Waals surface area contributed by atoms with E-state index < -0.39 is 17.1 Å². The molecule has 0 aliphatic carbocycles. The highest BCUT2D eigenvalue weighted by atomic mass is 28.4. The second kappa shape index (κ2) is 16.8. The van der Waals surface area contributed by atoms with Gasteiger partial charge in [0.2, 0.25) is 0 Å². The van der Waals surface area contributed by atoms with Crippen molar-refractivity contribution in [2.24, 2.45) is 0 Å². The summed E-state index contributed by atoms with van der Waals surface area (Å²) >= 11 is 0. The van der Waals surface area contributed by atoms with Crippen molar-refractivity contribution in [1.29, 1.82) is 0 Å². The fraction of sp³-hybridized carbons (Fsp3) is 0.100. The largest absolute Gasteiger partial charge is 0.457 e. The van der Waals surface area contributed by atoms with E-state index in [1.807, 2.05) is 170 Å². The Morgan fingerprint density at radius 1 is 0.271 bits per heavy atom. The summed E-state index contributed by atoms with van der Waals surface area (Å²) in [6.07, 6.45) is 0. The smallest absolute Gasteiger partial charge is 0.406 e. The van der Waals surface area contributed by atoms with Gasteiger partial charge in [-0.15, -0.1) is 0 Å². The van der Waals surface area contributed by atoms with Gasteiger partial charge in [0.15, 0.2) is 0 Å². The first-order valence-electron chi connectivity index (χ1n) is 15.6. The van der Waals surface area contributed by atoms with E-state index in [2.05, 4.69) is 0 Å². The second-order valence-corrected chi connectivity index (χ2v) is 17.1. The maximum atomic E-state index is 5.89. The van der Waals surface area contributed by atoms with Crippen molar-refractivity contribution in [3.8, 4) is 23.0 Å². The quantitative estimate of drug-likeness (QED) is 0.136. The molecule has 0 radical (unpaired) electrons. The van der Waals surface area contributed by atoms with Crippen molar-refractivity contribution in [3.63, 3.8) is 0 Å². The Hall–Kier alpha value is -4.81. The summed E-state index contributed by atoms with van der Waals surface area (Å²) in [7, 11) is 1.49. The van der Waals surface area contributed by atoms with Gasteiger partial charge in [-0.3, -0.25) is 0 Å². The molecule has 0 unspecified atom stereocenters. The molecule has 6 aromatic carbocycles. The Balaban J connectivity index is 0.000000188. The van der Waals surface area contributed by atoms with E-state index in [0.717, 1.165) is 43.7 Å². The highest BCUT2D eigenvalue weighted by Gasteiger charge is 2.41. The van der Waals surface area contributed by atoms with E-state index >= 15 is 0 Å². The van der Waals surface area contributed by atoms with Crippen molar-refractivity contribution < 1.29 is 27.2 Å². The molecule has 0 spiro atoms. The van der Waals surface area contributed by atoms with Crippen LogP contribution in [0.3, 0.4) is 0 Å². The highest BCUT2D eigenvalue weighted by Crippen LogP contribution is 2.22. The Labute approximate surface area is 285 Å². The van der Waals surface area contributed by atoms with Crippen LogP contribution in [0.25, 0.3) is 0 Å². The maximum absolute atomic E-state index is 5.89. The number of ether oxygens (including phenoxy) is 2. The first-order chi connectivity index (χ1) is 23.6. The van der Waals surface area contributed by atoms with E-state index in [-0.39, 0.29) is 0 Å². The summed E-state index contributed by atoms with van der Waals surface area (Å²) in [5, 5.41) is 4.23. The van der Waals surface area contributed by atoms with Crippen molar-refractivity contribution in [2.45, 2.75) is 0 Å². The lowest BCUT2D eigenvalue weighted by molar-refractivity contribution is 0.272. The van der Waals surface area contributed by atoms with Crippen LogP contribution < -0.4 is 30.2 Å². The van der Waals surface area contributed by atoms with Gasteiger partial charge in [-0.05, 0) is 69.3 Å². The Morgan fingerprint density at radius 3 is 0.771 bits per heavy atom. The van der Waals surface area contributed by atoms with E-state index in [0.29, 0.717) is 0 Å². The standard InChI is InChI=1S/2C20H20O3Si/c2*1-21-24(22-2,19-11-7-4-8-12-19)20-15-13-18(14-16-20)23-17-9-5-3-6-10-17/h2*3-16H,1-2H3. The Bertz CT molecular complexity index is 1640. The van der Waals surface area contributed by atoms with E-state index in [1.165, 1.54) is 0 Å². The first-order valence-corrected chi connectivity index (χ1v) is 19.2. The second-order valence-electron chi connectivity index (χ2n) is 10.7. The SMILES string of the molecule is CO[Si](OC)(c1ccccc1)c1ccc(Oc2ccccc2)cc1.CO[Si](OC)(c1ccccc1)c1ccc(Oc2ccccc2)cc1. The Kier molecular flexibility index (Phi) is 12.1. The molecule has 0 amide bonds. The van der Waals surface area contributed by atoms with Crippen LogP contribution in [0.5, 0.6) is 23.0 Å². The lowest BCUT2D eigenvalue weighted by atomic mass is 10.3. The molecule has 0 atom stereocenters. The number of rotatable bonds is 12.